The number of imidazole rings is 1. The molecule has 0 amide bonds. The van der Waals surface area contributed by atoms with Gasteiger partial charge < -0.3 is 9.67 Å². The summed E-state index contributed by atoms with van der Waals surface area (Å²) in [5.74, 6) is 1.23. The van der Waals surface area contributed by atoms with E-state index in [0.29, 0.717) is 11.4 Å². The Bertz CT molecular complexity index is 732. The van der Waals surface area contributed by atoms with Gasteiger partial charge in [0, 0.05) is 13.5 Å². The first kappa shape index (κ1) is 12.1. The summed E-state index contributed by atoms with van der Waals surface area (Å²) in [4.78, 5) is 4.61. The molecule has 3 rings (SSSR count). The molecule has 1 aromatic heterocycles. The lowest BCUT2D eigenvalue weighted by atomic mass is 10.1. The topological polar surface area (TPSA) is 38.0 Å². The summed E-state index contributed by atoms with van der Waals surface area (Å²) in [7, 11) is 1.97. The van der Waals surface area contributed by atoms with E-state index in [-0.39, 0.29) is 5.75 Å². The number of fused-ring (bicyclic) bond motifs is 1. The van der Waals surface area contributed by atoms with Crippen molar-refractivity contribution >= 4 is 22.6 Å². The van der Waals surface area contributed by atoms with Gasteiger partial charge in [0.1, 0.15) is 11.6 Å². The van der Waals surface area contributed by atoms with Crippen LogP contribution < -0.4 is 0 Å². The molecule has 3 aromatic rings. The molecule has 96 valence electrons. The maximum Gasteiger partial charge on any atom is 0.115 e. The molecule has 0 aliphatic rings. The number of aryl methyl sites for hydroxylation is 1. The molecule has 1 N–H and O–H groups in total. The highest BCUT2D eigenvalue weighted by molar-refractivity contribution is 6.35. The fourth-order valence-electron chi connectivity index (χ4n) is 2.22. The first-order valence-electron chi connectivity index (χ1n) is 6.03. The van der Waals surface area contributed by atoms with E-state index < -0.39 is 0 Å². The van der Waals surface area contributed by atoms with E-state index >= 15 is 0 Å². The van der Waals surface area contributed by atoms with Crippen LogP contribution in [0.2, 0.25) is 5.02 Å². The minimum absolute atomic E-state index is 0.275. The van der Waals surface area contributed by atoms with Gasteiger partial charge in [0.2, 0.25) is 0 Å². The highest BCUT2D eigenvalue weighted by Crippen LogP contribution is 2.24. The summed E-state index contributed by atoms with van der Waals surface area (Å²) >= 11 is 6.21. The van der Waals surface area contributed by atoms with Crippen molar-refractivity contribution in [2.24, 2.45) is 7.05 Å². The minimum atomic E-state index is 0.275. The van der Waals surface area contributed by atoms with Gasteiger partial charge in [0.15, 0.2) is 0 Å². The van der Waals surface area contributed by atoms with Crippen LogP contribution in [-0.4, -0.2) is 14.7 Å². The van der Waals surface area contributed by atoms with Crippen LogP contribution in [0.1, 0.15) is 11.4 Å². The number of phenols is 1. The molecular weight excluding hydrogens is 260 g/mol. The molecule has 3 nitrogen and oxygen atoms in total. The van der Waals surface area contributed by atoms with E-state index in [1.807, 2.05) is 41.9 Å². The van der Waals surface area contributed by atoms with E-state index in [2.05, 4.69) is 4.98 Å². The second-order valence-corrected chi connectivity index (χ2v) is 4.95. The number of para-hydroxylation sites is 1. The largest absolute Gasteiger partial charge is 0.508 e. The molecule has 4 heteroatoms. The summed E-state index contributed by atoms with van der Waals surface area (Å²) < 4.78 is 2.02. The first-order valence-corrected chi connectivity index (χ1v) is 6.40. The minimum Gasteiger partial charge on any atom is -0.508 e. The highest BCUT2D eigenvalue weighted by atomic mass is 35.5. The van der Waals surface area contributed by atoms with Crippen molar-refractivity contribution in [3.8, 4) is 5.75 Å². The average Bonchev–Trinajstić information content (AvgIpc) is 2.71. The Hall–Kier alpha value is -2.00. The Morgan fingerprint density at radius 2 is 1.89 bits per heavy atom. The zero-order valence-corrected chi connectivity index (χ0v) is 11.2. The van der Waals surface area contributed by atoms with Crippen LogP contribution in [0.4, 0.5) is 0 Å². The Labute approximate surface area is 116 Å². The van der Waals surface area contributed by atoms with Gasteiger partial charge in [-0.15, -0.1) is 0 Å². The molecule has 0 saturated carbocycles. The Morgan fingerprint density at radius 3 is 2.58 bits per heavy atom. The van der Waals surface area contributed by atoms with Crippen molar-refractivity contribution in [3.05, 3.63) is 58.9 Å². The lowest BCUT2D eigenvalue weighted by molar-refractivity contribution is 0.475. The van der Waals surface area contributed by atoms with Gasteiger partial charge >= 0.3 is 0 Å². The third-order valence-corrected chi connectivity index (χ3v) is 3.54. The van der Waals surface area contributed by atoms with E-state index in [1.54, 1.807) is 12.1 Å². The van der Waals surface area contributed by atoms with Crippen LogP contribution >= 0.6 is 11.6 Å². The summed E-state index contributed by atoms with van der Waals surface area (Å²) in [5, 5.41) is 10.0. The van der Waals surface area contributed by atoms with Crippen molar-refractivity contribution in [3.63, 3.8) is 0 Å². The zero-order chi connectivity index (χ0) is 13.4. The summed E-state index contributed by atoms with van der Waals surface area (Å²) in [5.41, 5.74) is 2.97. The van der Waals surface area contributed by atoms with E-state index in [9.17, 15) is 5.11 Å². The van der Waals surface area contributed by atoms with Gasteiger partial charge in [-0.25, -0.2) is 4.98 Å². The van der Waals surface area contributed by atoms with E-state index in [4.69, 9.17) is 11.6 Å². The molecule has 0 unspecified atom stereocenters. The standard InChI is InChI=1S/C15H13ClN2O/c1-18-14(9-10-5-7-11(19)8-6-10)17-13-4-2-3-12(16)15(13)18/h2-8,19H,9H2,1H3. The smallest absolute Gasteiger partial charge is 0.115 e. The molecule has 0 aliphatic carbocycles. The Kier molecular flexibility index (Phi) is 2.91. The van der Waals surface area contributed by atoms with E-state index in [1.165, 1.54) is 0 Å². The van der Waals surface area contributed by atoms with Crippen LogP contribution in [-0.2, 0) is 13.5 Å². The lowest BCUT2D eigenvalue weighted by Crippen LogP contribution is -1.99. The SMILES string of the molecule is Cn1c(Cc2ccc(O)cc2)nc2cccc(Cl)c21. The van der Waals surface area contributed by atoms with Crippen molar-refractivity contribution in [2.75, 3.05) is 0 Å². The van der Waals surface area contributed by atoms with Crippen molar-refractivity contribution in [1.82, 2.24) is 9.55 Å². The summed E-state index contributed by atoms with van der Waals surface area (Å²) in [6, 6.07) is 12.9. The first-order chi connectivity index (χ1) is 9.15. The molecule has 19 heavy (non-hydrogen) atoms. The van der Waals surface area contributed by atoms with Gasteiger partial charge in [0.25, 0.3) is 0 Å². The number of hydrogen-bond donors (Lipinski definition) is 1. The number of aromatic nitrogens is 2. The van der Waals surface area contributed by atoms with Gasteiger partial charge in [-0.05, 0) is 29.8 Å². The quantitative estimate of drug-likeness (QED) is 0.775. The Morgan fingerprint density at radius 1 is 1.16 bits per heavy atom. The van der Waals surface area contributed by atoms with Gasteiger partial charge in [-0.2, -0.15) is 0 Å². The highest BCUT2D eigenvalue weighted by Gasteiger charge is 2.10. The average molecular weight is 273 g/mol. The second kappa shape index (κ2) is 4.59. The number of hydrogen-bond acceptors (Lipinski definition) is 2. The summed E-state index contributed by atoms with van der Waals surface area (Å²) in [6.07, 6.45) is 0.710. The molecule has 0 saturated heterocycles. The fourth-order valence-corrected chi connectivity index (χ4v) is 2.52. The van der Waals surface area contributed by atoms with Gasteiger partial charge in [-0.1, -0.05) is 29.8 Å². The molecule has 0 fully saturated rings. The second-order valence-electron chi connectivity index (χ2n) is 4.54. The van der Waals surface area contributed by atoms with Crippen LogP contribution in [0.3, 0.4) is 0 Å². The Balaban J connectivity index is 2.04. The normalized spacial score (nSPS) is 11.1. The third kappa shape index (κ3) is 2.17. The van der Waals surface area contributed by atoms with Crippen LogP contribution in [0, 0.1) is 0 Å². The molecule has 0 radical (unpaired) electrons. The van der Waals surface area contributed by atoms with Gasteiger partial charge in [0.05, 0.1) is 16.1 Å². The number of benzene rings is 2. The number of rotatable bonds is 2. The molecular formula is C15H13ClN2O. The molecule has 0 bridgehead atoms. The lowest BCUT2D eigenvalue weighted by Gasteiger charge is -2.03. The predicted octanol–water partition coefficient (Wildman–Crippen LogP) is 3.52. The van der Waals surface area contributed by atoms with Crippen LogP contribution in [0.5, 0.6) is 5.75 Å². The van der Waals surface area contributed by atoms with Gasteiger partial charge in [-0.3, -0.25) is 0 Å². The summed E-state index contributed by atoms with van der Waals surface area (Å²) in [6.45, 7) is 0. The molecule has 1 heterocycles. The van der Waals surface area contributed by atoms with Crippen molar-refractivity contribution < 1.29 is 5.11 Å². The number of nitrogens with zero attached hydrogens (tertiary/aromatic N) is 2. The number of phenolic OH excluding ortho intramolecular Hbond substituents is 1. The fraction of sp³-hybridized carbons (Fsp3) is 0.133. The number of aromatic hydroxyl groups is 1. The molecule has 0 atom stereocenters. The monoisotopic (exact) mass is 272 g/mol. The predicted molar refractivity (Wildman–Crippen MR) is 76.6 cm³/mol. The van der Waals surface area contributed by atoms with E-state index in [0.717, 1.165) is 22.4 Å². The van der Waals surface area contributed by atoms with Crippen LogP contribution in [0.15, 0.2) is 42.5 Å². The van der Waals surface area contributed by atoms with Crippen molar-refractivity contribution in [1.29, 1.82) is 0 Å². The van der Waals surface area contributed by atoms with Crippen LogP contribution in [0.25, 0.3) is 11.0 Å². The molecule has 0 spiro atoms. The zero-order valence-electron chi connectivity index (χ0n) is 10.5. The third-order valence-electron chi connectivity index (χ3n) is 3.24. The molecule has 0 aliphatic heterocycles. The molecule has 2 aromatic carbocycles. The van der Waals surface area contributed by atoms with Crippen molar-refractivity contribution in [2.45, 2.75) is 6.42 Å². The maximum absolute atomic E-state index is 9.29. The maximum atomic E-state index is 9.29. The number of halogens is 1.